The summed E-state index contributed by atoms with van der Waals surface area (Å²) in [5.41, 5.74) is 5.77. The average molecular weight is 247 g/mol. The standard InChI is InChI=1S/C18H17N/c1-2-8-14(9-3-1)19-17-12-6-4-10-15(17)16-11-5-7-13-18(16)19/h1-4,6-9,12-13,15H,5,10-11H2. The van der Waals surface area contributed by atoms with Crippen LogP contribution in [-0.4, -0.2) is 0 Å². The predicted octanol–water partition coefficient (Wildman–Crippen LogP) is 4.57. The predicted molar refractivity (Wildman–Crippen MR) is 79.7 cm³/mol. The van der Waals surface area contributed by atoms with Crippen molar-refractivity contribution in [2.45, 2.75) is 19.3 Å². The van der Waals surface area contributed by atoms with Crippen molar-refractivity contribution in [2.75, 3.05) is 4.90 Å². The average Bonchev–Trinajstić information content (AvgIpc) is 2.83. The highest BCUT2D eigenvalue weighted by atomic mass is 15.2. The van der Waals surface area contributed by atoms with Crippen LogP contribution in [0.25, 0.3) is 0 Å². The molecule has 1 heteroatoms. The Morgan fingerprint density at radius 3 is 2.84 bits per heavy atom. The van der Waals surface area contributed by atoms with Crippen LogP contribution < -0.4 is 4.90 Å². The van der Waals surface area contributed by atoms with E-state index in [2.05, 4.69) is 65.6 Å². The number of hydrogen-bond donors (Lipinski definition) is 0. The Bertz CT molecular complexity index is 616. The molecule has 0 fully saturated rings. The Hall–Kier alpha value is -2.02. The van der Waals surface area contributed by atoms with Gasteiger partial charge in [-0.3, -0.25) is 0 Å². The van der Waals surface area contributed by atoms with E-state index in [1.807, 2.05) is 0 Å². The van der Waals surface area contributed by atoms with Crippen molar-refractivity contribution in [2.24, 2.45) is 5.92 Å². The lowest BCUT2D eigenvalue weighted by molar-refractivity contribution is 0.695. The summed E-state index contributed by atoms with van der Waals surface area (Å²) in [6.45, 7) is 0. The molecule has 0 saturated carbocycles. The lowest BCUT2D eigenvalue weighted by atomic mass is 9.87. The number of nitrogens with zero attached hydrogens (tertiary/aromatic N) is 1. The molecule has 1 nitrogen and oxygen atoms in total. The summed E-state index contributed by atoms with van der Waals surface area (Å²) in [4.78, 5) is 2.44. The first-order valence-electron chi connectivity index (χ1n) is 7.06. The number of para-hydroxylation sites is 1. The zero-order chi connectivity index (χ0) is 12.7. The molecule has 1 aliphatic heterocycles. The van der Waals surface area contributed by atoms with Crippen LogP contribution in [0.2, 0.25) is 0 Å². The second kappa shape index (κ2) is 4.27. The zero-order valence-electron chi connectivity index (χ0n) is 10.9. The van der Waals surface area contributed by atoms with Gasteiger partial charge in [0.25, 0.3) is 0 Å². The van der Waals surface area contributed by atoms with Gasteiger partial charge in [-0.1, -0.05) is 36.4 Å². The molecule has 2 aliphatic carbocycles. The van der Waals surface area contributed by atoms with Crippen LogP contribution >= 0.6 is 0 Å². The Kier molecular flexibility index (Phi) is 2.44. The van der Waals surface area contributed by atoms with Crippen molar-refractivity contribution in [1.82, 2.24) is 0 Å². The quantitative estimate of drug-likeness (QED) is 0.702. The first-order valence-corrected chi connectivity index (χ1v) is 7.06. The normalized spacial score (nSPS) is 24.3. The zero-order valence-corrected chi connectivity index (χ0v) is 10.9. The maximum Gasteiger partial charge on any atom is 0.0458 e. The monoisotopic (exact) mass is 247 g/mol. The summed E-state index contributed by atoms with van der Waals surface area (Å²) in [6.07, 6.45) is 15.0. The van der Waals surface area contributed by atoms with Crippen LogP contribution in [0, 0.1) is 5.92 Å². The molecule has 1 aromatic rings. The highest BCUT2D eigenvalue weighted by molar-refractivity contribution is 5.68. The van der Waals surface area contributed by atoms with Crippen LogP contribution in [0.5, 0.6) is 0 Å². The van der Waals surface area contributed by atoms with E-state index in [0.29, 0.717) is 5.92 Å². The third-order valence-electron chi connectivity index (χ3n) is 4.25. The smallest absolute Gasteiger partial charge is 0.0458 e. The number of anilines is 1. The number of rotatable bonds is 1. The van der Waals surface area contributed by atoms with Gasteiger partial charge in [-0.15, -0.1) is 0 Å². The lowest BCUT2D eigenvalue weighted by Crippen LogP contribution is -2.19. The molecule has 1 unspecified atom stereocenters. The van der Waals surface area contributed by atoms with Gasteiger partial charge >= 0.3 is 0 Å². The number of fused-ring (bicyclic) bond motifs is 2. The third-order valence-corrected chi connectivity index (χ3v) is 4.25. The Labute approximate surface area is 114 Å². The fourth-order valence-corrected chi connectivity index (χ4v) is 3.41. The fraction of sp³-hybridized carbons (Fsp3) is 0.222. The molecule has 1 atom stereocenters. The van der Waals surface area contributed by atoms with Gasteiger partial charge < -0.3 is 4.90 Å². The molecule has 0 aromatic heterocycles. The van der Waals surface area contributed by atoms with E-state index in [1.54, 1.807) is 5.57 Å². The van der Waals surface area contributed by atoms with Crippen LogP contribution in [0.1, 0.15) is 19.3 Å². The Balaban J connectivity index is 1.87. The second-order valence-electron chi connectivity index (χ2n) is 5.33. The van der Waals surface area contributed by atoms with Crippen LogP contribution in [0.3, 0.4) is 0 Å². The first-order chi connectivity index (χ1) is 9.45. The van der Waals surface area contributed by atoms with E-state index in [-0.39, 0.29) is 0 Å². The largest absolute Gasteiger partial charge is 0.314 e. The van der Waals surface area contributed by atoms with E-state index in [0.717, 1.165) is 6.42 Å². The molecule has 0 amide bonds. The maximum absolute atomic E-state index is 2.44. The van der Waals surface area contributed by atoms with E-state index < -0.39 is 0 Å². The molecule has 4 rings (SSSR count). The Morgan fingerprint density at radius 1 is 1.05 bits per heavy atom. The van der Waals surface area contributed by atoms with Gasteiger partial charge in [0.2, 0.25) is 0 Å². The van der Waals surface area contributed by atoms with Gasteiger partial charge in [-0.25, -0.2) is 0 Å². The van der Waals surface area contributed by atoms with Crippen molar-refractivity contribution in [1.29, 1.82) is 0 Å². The van der Waals surface area contributed by atoms with Gasteiger partial charge in [-0.2, -0.15) is 0 Å². The van der Waals surface area contributed by atoms with Crippen LogP contribution in [0.4, 0.5) is 5.69 Å². The molecule has 0 bridgehead atoms. The van der Waals surface area contributed by atoms with E-state index in [4.69, 9.17) is 0 Å². The molecular formula is C18H17N. The first kappa shape index (κ1) is 10.9. The van der Waals surface area contributed by atoms with Crippen molar-refractivity contribution in [3.63, 3.8) is 0 Å². The molecule has 0 saturated heterocycles. The highest BCUT2D eigenvalue weighted by Crippen LogP contribution is 2.47. The van der Waals surface area contributed by atoms with Gasteiger partial charge in [0.1, 0.15) is 0 Å². The number of hydrogen-bond acceptors (Lipinski definition) is 1. The summed E-state index contributed by atoms with van der Waals surface area (Å²) in [5, 5.41) is 0. The summed E-state index contributed by atoms with van der Waals surface area (Å²) in [6, 6.07) is 10.7. The van der Waals surface area contributed by atoms with Gasteiger partial charge in [0, 0.05) is 23.0 Å². The second-order valence-corrected chi connectivity index (χ2v) is 5.33. The van der Waals surface area contributed by atoms with Crippen LogP contribution in [0.15, 0.2) is 77.7 Å². The van der Waals surface area contributed by atoms with E-state index >= 15 is 0 Å². The summed E-state index contributed by atoms with van der Waals surface area (Å²) >= 11 is 0. The Morgan fingerprint density at radius 2 is 1.95 bits per heavy atom. The molecule has 0 spiro atoms. The van der Waals surface area contributed by atoms with Gasteiger partial charge in [0.05, 0.1) is 0 Å². The molecule has 19 heavy (non-hydrogen) atoms. The maximum atomic E-state index is 2.44. The SMILES string of the molecule is C1=CCC2C(=C1)N(c1ccccc1)C1=C2CCC=C1. The van der Waals surface area contributed by atoms with E-state index in [1.165, 1.54) is 29.9 Å². The van der Waals surface area contributed by atoms with Gasteiger partial charge in [0.15, 0.2) is 0 Å². The van der Waals surface area contributed by atoms with E-state index in [9.17, 15) is 0 Å². The summed E-state index contributed by atoms with van der Waals surface area (Å²) < 4.78 is 0. The third kappa shape index (κ3) is 1.61. The molecule has 1 heterocycles. The highest BCUT2D eigenvalue weighted by Gasteiger charge is 2.36. The molecule has 0 radical (unpaired) electrons. The number of benzene rings is 1. The van der Waals surface area contributed by atoms with Crippen molar-refractivity contribution < 1.29 is 0 Å². The topological polar surface area (TPSA) is 3.24 Å². The molecule has 1 aromatic carbocycles. The molecule has 0 N–H and O–H groups in total. The van der Waals surface area contributed by atoms with Crippen molar-refractivity contribution in [3.05, 3.63) is 77.7 Å². The number of allylic oxidation sites excluding steroid dienone is 6. The van der Waals surface area contributed by atoms with Crippen LogP contribution in [-0.2, 0) is 0 Å². The minimum atomic E-state index is 0.602. The lowest BCUT2D eigenvalue weighted by Gasteiger charge is -2.26. The summed E-state index contributed by atoms with van der Waals surface area (Å²) in [7, 11) is 0. The molecule has 3 aliphatic rings. The molecule has 94 valence electrons. The summed E-state index contributed by atoms with van der Waals surface area (Å²) in [5.74, 6) is 0.602. The minimum Gasteiger partial charge on any atom is -0.314 e. The molecular weight excluding hydrogens is 230 g/mol. The van der Waals surface area contributed by atoms with Crippen molar-refractivity contribution >= 4 is 5.69 Å². The van der Waals surface area contributed by atoms with Gasteiger partial charge in [-0.05, 0) is 49.1 Å². The van der Waals surface area contributed by atoms with Crippen molar-refractivity contribution in [3.8, 4) is 0 Å². The fourth-order valence-electron chi connectivity index (χ4n) is 3.41. The minimum absolute atomic E-state index is 0.602.